The molecule has 20 heavy (non-hydrogen) atoms. The van der Waals surface area contributed by atoms with E-state index >= 15 is 0 Å². The molecular formula is C16H20N2OS. The van der Waals surface area contributed by atoms with Gasteiger partial charge in [-0.1, -0.05) is 19.9 Å². The van der Waals surface area contributed by atoms with E-state index in [2.05, 4.69) is 29.0 Å². The molecule has 0 atom stereocenters. The van der Waals surface area contributed by atoms with Crippen molar-refractivity contribution in [3.8, 4) is 0 Å². The van der Waals surface area contributed by atoms with Crippen LogP contribution < -0.4 is 10.6 Å². The van der Waals surface area contributed by atoms with Crippen molar-refractivity contribution in [2.24, 2.45) is 5.92 Å². The van der Waals surface area contributed by atoms with Gasteiger partial charge in [0.1, 0.15) is 0 Å². The molecule has 0 saturated carbocycles. The third-order valence-electron chi connectivity index (χ3n) is 3.08. The van der Waals surface area contributed by atoms with E-state index in [1.54, 1.807) is 11.3 Å². The fourth-order valence-electron chi connectivity index (χ4n) is 1.76. The number of carbonyl (C=O) groups excluding carboxylic acids is 1. The van der Waals surface area contributed by atoms with Crippen LogP contribution >= 0.6 is 11.3 Å². The van der Waals surface area contributed by atoms with Gasteiger partial charge >= 0.3 is 0 Å². The Kier molecular flexibility index (Phi) is 4.79. The van der Waals surface area contributed by atoms with Crippen molar-refractivity contribution in [3.05, 3.63) is 46.2 Å². The first kappa shape index (κ1) is 14.6. The first-order valence-electron chi connectivity index (χ1n) is 6.74. The van der Waals surface area contributed by atoms with E-state index in [0.717, 1.165) is 17.9 Å². The lowest BCUT2D eigenvalue weighted by Gasteiger charge is -2.10. The van der Waals surface area contributed by atoms with Crippen LogP contribution in [-0.4, -0.2) is 5.91 Å². The molecule has 106 valence electrons. The molecule has 0 unspecified atom stereocenters. The minimum absolute atomic E-state index is 0.0135. The molecule has 0 radical (unpaired) electrons. The highest BCUT2D eigenvalue weighted by molar-refractivity contribution is 7.10. The fraction of sp³-hybridized carbons (Fsp3) is 0.312. The van der Waals surface area contributed by atoms with E-state index in [9.17, 15) is 4.79 Å². The average Bonchev–Trinajstić information content (AvgIpc) is 2.82. The van der Waals surface area contributed by atoms with Crippen molar-refractivity contribution in [1.82, 2.24) is 0 Å². The fourth-order valence-corrected chi connectivity index (χ4v) is 2.61. The Bertz CT molecular complexity index is 590. The number of nitrogens with one attached hydrogen (secondary N) is 2. The molecule has 1 aromatic heterocycles. The smallest absolute Gasteiger partial charge is 0.226 e. The Balaban J connectivity index is 1.99. The summed E-state index contributed by atoms with van der Waals surface area (Å²) >= 11 is 1.76. The number of benzene rings is 1. The molecule has 1 aromatic carbocycles. The molecule has 2 aromatic rings. The monoisotopic (exact) mass is 288 g/mol. The summed E-state index contributed by atoms with van der Waals surface area (Å²) in [6.07, 6.45) is 0. The van der Waals surface area contributed by atoms with Crippen LogP contribution in [0, 0.1) is 12.8 Å². The topological polar surface area (TPSA) is 41.1 Å². The van der Waals surface area contributed by atoms with Gasteiger partial charge in [-0.3, -0.25) is 4.79 Å². The van der Waals surface area contributed by atoms with E-state index in [1.165, 1.54) is 10.4 Å². The second-order valence-electron chi connectivity index (χ2n) is 5.11. The minimum Gasteiger partial charge on any atom is -0.380 e. The minimum atomic E-state index is -0.0135. The van der Waals surface area contributed by atoms with Crippen LogP contribution in [0.2, 0.25) is 0 Å². The summed E-state index contributed by atoms with van der Waals surface area (Å²) in [6, 6.07) is 9.94. The number of rotatable bonds is 5. The quantitative estimate of drug-likeness (QED) is 0.863. The highest BCUT2D eigenvalue weighted by Gasteiger charge is 2.07. The van der Waals surface area contributed by atoms with Crippen LogP contribution in [0.4, 0.5) is 11.4 Å². The first-order chi connectivity index (χ1) is 9.56. The largest absolute Gasteiger partial charge is 0.380 e. The molecular weight excluding hydrogens is 268 g/mol. The van der Waals surface area contributed by atoms with E-state index < -0.39 is 0 Å². The van der Waals surface area contributed by atoms with Gasteiger partial charge in [0.15, 0.2) is 0 Å². The molecule has 0 aliphatic rings. The van der Waals surface area contributed by atoms with Crippen molar-refractivity contribution in [3.63, 3.8) is 0 Å². The predicted octanol–water partition coefficient (Wildman–Crippen LogP) is 4.26. The molecule has 0 aliphatic carbocycles. The van der Waals surface area contributed by atoms with Gasteiger partial charge < -0.3 is 10.6 Å². The van der Waals surface area contributed by atoms with Gasteiger partial charge in [-0.2, -0.15) is 0 Å². The Morgan fingerprint density at radius 3 is 2.65 bits per heavy atom. The molecule has 0 aliphatic heterocycles. The Morgan fingerprint density at radius 2 is 2.00 bits per heavy atom. The first-order valence-corrected chi connectivity index (χ1v) is 7.62. The van der Waals surface area contributed by atoms with Crippen molar-refractivity contribution in [1.29, 1.82) is 0 Å². The van der Waals surface area contributed by atoms with Gasteiger partial charge in [0, 0.05) is 28.7 Å². The zero-order valence-electron chi connectivity index (χ0n) is 12.1. The zero-order valence-corrected chi connectivity index (χ0v) is 12.9. The second-order valence-corrected chi connectivity index (χ2v) is 6.11. The molecule has 2 rings (SSSR count). The number of aryl methyl sites for hydroxylation is 1. The normalized spacial score (nSPS) is 10.6. The van der Waals surface area contributed by atoms with Gasteiger partial charge in [-0.25, -0.2) is 0 Å². The van der Waals surface area contributed by atoms with Crippen LogP contribution in [0.5, 0.6) is 0 Å². The van der Waals surface area contributed by atoms with Crippen molar-refractivity contribution in [2.45, 2.75) is 27.3 Å². The van der Waals surface area contributed by atoms with Crippen molar-refractivity contribution < 1.29 is 4.79 Å². The van der Waals surface area contributed by atoms with Crippen LogP contribution in [0.1, 0.15) is 24.3 Å². The van der Waals surface area contributed by atoms with Crippen molar-refractivity contribution in [2.75, 3.05) is 10.6 Å². The number of anilines is 2. The number of hydrogen-bond acceptors (Lipinski definition) is 3. The van der Waals surface area contributed by atoms with Crippen LogP contribution in [0.15, 0.2) is 35.7 Å². The summed E-state index contributed by atoms with van der Waals surface area (Å²) in [4.78, 5) is 13.0. The number of carbonyl (C=O) groups is 1. The molecule has 3 nitrogen and oxygen atoms in total. The van der Waals surface area contributed by atoms with Crippen molar-refractivity contribution >= 4 is 28.6 Å². The van der Waals surface area contributed by atoms with Gasteiger partial charge in [-0.05, 0) is 42.1 Å². The number of hydrogen-bond donors (Lipinski definition) is 2. The third-order valence-corrected chi connectivity index (χ3v) is 4.10. The van der Waals surface area contributed by atoms with Gasteiger partial charge in [0.25, 0.3) is 0 Å². The molecule has 0 fully saturated rings. The zero-order chi connectivity index (χ0) is 14.5. The molecule has 0 spiro atoms. The van der Waals surface area contributed by atoms with E-state index in [1.807, 2.05) is 38.1 Å². The Morgan fingerprint density at radius 1 is 1.25 bits per heavy atom. The SMILES string of the molecule is Cc1ccsc1CNc1cccc(NC(=O)C(C)C)c1. The van der Waals surface area contributed by atoms with E-state index in [0.29, 0.717) is 0 Å². The lowest BCUT2D eigenvalue weighted by atomic mass is 10.2. The molecule has 1 amide bonds. The Hall–Kier alpha value is -1.81. The lowest BCUT2D eigenvalue weighted by Crippen LogP contribution is -2.17. The van der Waals surface area contributed by atoms with E-state index in [-0.39, 0.29) is 11.8 Å². The summed E-state index contributed by atoms with van der Waals surface area (Å²) in [6.45, 7) is 6.70. The van der Waals surface area contributed by atoms with Gasteiger partial charge in [0.05, 0.1) is 0 Å². The van der Waals surface area contributed by atoms with Gasteiger partial charge in [0.2, 0.25) is 5.91 Å². The van der Waals surface area contributed by atoms with Crippen LogP contribution in [0.25, 0.3) is 0 Å². The number of amides is 1. The molecule has 0 bridgehead atoms. The summed E-state index contributed by atoms with van der Waals surface area (Å²) in [5, 5.41) is 8.40. The molecule has 1 heterocycles. The number of thiophene rings is 1. The summed E-state index contributed by atoms with van der Waals surface area (Å²) in [5.41, 5.74) is 3.16. The maximum absolute atomic E-state index is 11.7. The maximum atomic E-state index is 11.7. The average molecular weight is 288 g/mol. The molecule has 0 saturated heterocycles. The second kappa shape index (κ2) is 6.57. The third kappa shape index (κ3) is 3.84. The van der Waals surface area contributed by atoms with Crippen LogP contribution in [-0.2, 0) is 11.3 Å². The summed E-state index contributed by atoms with van der Waals surface area (Å²) < 4.78 is 0. The van der Waals surface area contributed by atoms with E-state index in [4.69, 9.17) is 0 Å². The van der Waals surface area contributed by atoms with Crippen LogP contribution in [0.3, 0.4) is 0 Å². The maximum Gasteiger partial charge on any atom is 0.226 e. The standard InChI is InChI=1S/C16H20N2OS/c1-11(2)16(19)18-14-6-4-5-13(9-14)17-10-15-12(3)7-8-20-15/h4-9,11,17H,10H2,1-3H3,(H,18,19). The highest BCUT2D eigenvalue weighted by Crippen LogP contribution is 2.20. The molecule has 4 heteroatoms. The summed E-state index contributed by atoms with van der Waals surface area (Å²) in [7, 11) is 0. The molecule has 2 N–H and O–H groups in total. The highest BCUT2D eigenvalue weighted by atomic mass is 32.1. The Labute approximate surface area is 124 Å². The van der Waals surface area contributed by atoms with Gasteiger partial charge in [-0.15, -0.1) is 11.3 Å². The summed E-state index contributed by atoms with van der Waals surface area (Å²) in [5.74, 6) is 0.0247. The lowest BCUT2D eigenvalue weighted by molar-refractivity contribution is -0.118. The predicted molar refractivity (Wildman–Crippen MR) is 86.3 cm³/mol.